The number of carbonyl (C=O) groups is 1. The zero-order valence-electron chi connectivity index (χ0n) is 9.71. The predicted octanol–water partition coefficient (Wildman–Crippen LogP) is 1.26. The Morgan fingerprint density at radius 3 is 2.88 bits per heavy atom. The largest absolute Gasteiger partial charge is 0.480 e. The Balaban J connectivity index is 2.79. The molecule has 0 aliphatic heterocycles. The fourth-order valence-corrected chi connectivity index (χ4v) is 1.34. The van der Waals surface area contributed by atoms with E-state index in [2.05, 4.69) is 15.3 Å². The van der Waals surface area contributed by atoms with E-state index in [1.165, 1.54) is 12.3 Å². The van der Waals surface area contributed by atoms with E-state index in [-0.39, 0.29) is 17.6 Å². The number of carboxylic acid groups (broad SMARTS) is 1. The molecule has 1 unspecified atom stereocenters. The molecule has 1 atom stereocenters. The van der Waals surface area contributed by atoms with Crippen molar-refractivity contribution in [2.45, 2.75) is 26.3 Å². The highest BCUT2D eigenvalue weighted by molar-refractivity contribution is 5.76. The Kier molecular flexibility index (Phi) is 4.40. The first-order valence-electron chi connectivity index (χ1n) is 5.25. The van der Waals surface area contributed by atoms with Crippen molar-refractivity contribution < 1.29 is 9.90 Å². The molecule has 0 aromatic carbocycles. The van der Waals surface area contributed by atoms with Crippen LogP contribution in [0.15, 0.2) is 12.3 Å². The van der Waals surface area contributed by atoms with Crippen LogP contribution in [0.1, 0.15) is 26.0 Å². The maximum Gasteiger partial charge on any atom is 0.326 e. The van der Waals surface area contributed by atoms with Gasteiger partial charge >= 0.3 is 5.97 Å². The lowest BCUT2D eigenvalue weighted by Crippen LogP contribution is -2.31. The van der Waals surface area contributed by atoms with Gasteiger partial charge in [-0.15, -0.1) is 0 Å². The van der Waals surface area contributed by atoms with E-state index in [0.717, 1.165) is 0 Å². The van der Waals surface area contributed by atoms with Crippen LogP contribution in [0.25, 0.3) is 0 Å². The van der Waals surface area contributed by atoms with E-state index >= 15 is 0 Å². The molecular formula is C11H14N4O2. The third kappa shape index (κ3) is 4.07. The Morgan fingerprint density at radius 1 is 1.65 bits per heavy atom. The number of nitrogens with zero attached hydrogens (tertiary/aromatic N) is 3. The van der Waals surface area contributed by atoms with E-state index in [1.807, 2.05) is 19.9 Å². The van der Waals surface area contributed by atoms with Gasteiger partial charge in [-0.2, -0.15) is 5.26 Å². The van der Waals surface area contributed by atoms with Crippen molar-refractivity contribution in [3.8, 4) is 6.07 Å². The third-order valence-corrected chi connectivity index (χ3v) is 2.08. The number of nitriles is 1. The molecule has 90 valence electrons. The number of aromatic nitrogens is 2. The minimum Gasteiger partial charge on any atom is -0.480 e. The lowest BCUT2D eigenvalue weighted by atomic mass is 10.0. The average Bonchev–Trinajstić information content (AvgIpc) is 2.27. The first-order chi connectivity index (χ1) is 8.02. The summed E-state index contributed by atoms with van der Waals surface area (Å²) in [5, 5.41) is 20.4. The second kappa shape index (κ2) is 5.80. The molecule has 6 nitrogen and oxygen atoms in total. The van der Waals surface area contributed by atoms with Crippen LogP contribution in [0, 0.1) is 17.2 Å². The van der Waals surface area contributed by atoms with Gasteiger partial charge in [0, 0.05) is 6.20 Å². The number of hydrogen-bond donors (Lipinski definition) is 2. The molecule has 1 heterocycles. The SMILES string of the molecule is CC(C)CC(Nc1nccc(C#N)n1)C(=O)O. The summed E-state index contributed by atoms with van der Waals surface area (Å²) in [6, 6.07) is 2.59. The van der Waals surface area contributed by atoms with Crippen LogP contribution in [-0.2, 0) is 4.79 Å². The van der Waals surface area contributed by atoms with Crippen molar-refractivity contribution in [1.29, 1.82) is 5.26 Å². The maximum atomic E-state index is 11.0. The summed E-state index contributed by atoms with van der Waals surface area (Å²) in [7, 11) is 0. The Hall–Kier alpha value is -2.16. The second-order valence-corrected chi connectivity index (χ2v) is 4.04. The molecule has 0 saturated carbocycles. The van der Waals surface area contributed by atoms with Gasteiger partial charge in [0.1, 0.15) is 17.8 Å². The van der Waals surface area contributed by atoms with Crippen molar-refractivity contribution in [2.24, 2.45) is 5.92 Å². The Bertz CT molecular complexity index is 439. The highest BCUT2D eigenvalue weighted by atomic mass is 16.4. The van der Waals surface area contributed by atoms with Crippen LogP contribution in [0.3, 0.4) is 0 Å². The topological polar surface area (TPSA) is 98.9 Å². The lowest BCUT2D eigenvalue weighted by Gasteiger charge is -2.16. The zero-order valence-corrected chi connectivity index (χ0v) is 9.71. The normalized spacial score (nSPS) is 11.9. The third-order valence-electron chi connectivity index (χ3n) is 2.08. The number of nitrogens with one attached hydrogen (secondary N) is 1. The zero-order chi connectivity index (χ0) is 12.8. The van der Waals surface area contributed by atoms with Crippen LogP contribution < -0.4 is 5.32 Å². The van der Waals surface area contributed by atoms with Gasteiger partial charge in [-0.05, 0) is 18.4 Å². The molecule has 0 radical (unpaired) electrons. The molecule has 6 heteroatoms. The van der Waals surface area contributed by atoms with E-state index < -0.39 is 12.0 Å². The summed E-state index contributed by atoms with van der Waals surface area (Å²) < 4.78 is 0. The molecule has 2 N–H and O–H groups in total. The molecule has 17 heavy (non-hydrogen) atoms. The molecule has 1 rings (SSSR count). The second-order valence-electron chi connectivity index (χ2n) is 4.04. The van der Waals surface area contributed by atoms with Crippen LogP contribution in [-0.4, -0.2) is 27.1 Å². The van der Waals surface area contributed by atoms with Gasteiger partial charge in [-0.25, -0.2) is 14.8 Å². The molecule has 0 aliphatic rings. The number of anilines is 1. The standard InChI is InChI=1S/C11H14N4O2/c1-7(2)5-9(10(16)17)15-11-13-4-3-8(6-12)14-11/h3-4,7,9H,5H2,1-2H3,(H,16,17)(H,13,14,15). The molecule has 0 fully saturated rings. The molecule has 0 bridgehead atoms. The monoisotopic (exact) mass is 234 g/mol. The fourth-order valence-electron chi connectivity index (χ4n) is 1.34. The van der Waals surface area contributed by atoms with E-state index in [4.69, 9.17) is 10.4 Å². The smallest absolute Gasteiger partial charge is 0.326 e. The summed E-state index contributed by atoms with van der Waals surface area (Å²) in [6.45, 7) is 3.87. The summed E-state index contributed by atoms with van der Waals surface area (Å²) in [5.74, 6) is -0.551. The summed E-state index contributed by atoms with van der Waals surface area (Å²) in [5.41, 5.74) is 0.205. The maximum absolute atomic E-state index is 11.0. The van der Waals surface area contributed by atoms with Crippen molar-refractivity contribution in [2.75, 3.05) is 5.32 Å². The molecule has 0 saturated heterocycles. The summed E-state index contributed by atoms with van der Waals surface area (Å²) in [6.07, 6.45) is 1.89. The van der Waals surface area contributed by atoms with E-state index in [9.17, 15) is 4.79 Å². The van der Waals surface area contributed by atoms with Gasteiger partial charge < -0.3 is 10.4 Å². The molecule has 1 aromatic heterocycles. The molecule has 0 aliphatic carbocycles. The van der Waals surface area contributed by atoms with Crippen molar-refractivity contribution in [3.63, 3.8) is 0 Å². The van der Waals surface area contributed by atoms with Gasteiger partial charge in [0.05, 0.1) is 0 Å². The van der Waals surface area contributed by atoms with Crippen LogP contribution in [0.5, 0.6) is 0 Å². The minimum absolute atomic E-state index is 0.164. The van der Waals surface area contributed by atoms with Gasteiger partial charge in [-0.1, -0.05) is 13.8 Å². The highest BCUT2D eigenvalue weighted by Gasteiger charge is 2.19. The number of carboxylic acids is 1. The van der Waals surface area contributed by atoms with Gasteiger partial charge in [0.2, 0.25) is 5.95 Å². The van der Waals surface area contributed by atoms with Crippen molar-refractivity contribution in [3.05, 3.63) is 18.0 Å². The van der Waals surface area contributed by atoms with Crippen molar-refractivity contribution in [1.82, 2.24) is 9.97 Å². The number of hydrogen-bond acceptors (Lipinski definition) is 5. The van der Waals surface area contributed by atoms with E-state index in [0.29, 0.717) is 6.42 Å². The Morgan fingerprint density at radius 2 is 2.35 bits per heavy atom. The van der Waals surface area contributed by atoms with E-state index in [1.54, 1.807) is 0 Å². The number of rotatable bonds is 5. The minimum atomic E-state index is -0.954. The molecule has 1 aromatic rings. The van der Waals surface area contributed by atoms with Gasteiger partial charge in [-0.3, -0.25) is 0 Å². The molecular weight excluding hydrogens is 220 g/mol. The van der Waals surface area contributed by atoms with Crippen LogP contribution >= 0.6 is 0 Å². The highest BCUT2D eigenvalue weighted by Crippen LogP contribution is 2.10. The average molecular weight is 234 g/mol. The van der Waals surface area contributed by atoms with Gasteiger partial charge in [0.15, 0.2) is 0 Å². The summed E-state index contributed by atoms with van der Waals surface area (Å²) >= 11 is 0. The lowest BCUT2D eigenvalue weighted by molar-refractivity contribution is -0.138. The van der Waals surface area contributed by atoms with Gasteiger partial charge in [0.25, 0.3) is 0 Å². The quantitative estimate of drug-likeness (QED) is 0.795. The number of aliphatic carboxylic acids is 1. The predicted molar refractivity (Wildman–Crippen MR) is 61.2 cm³/mol. The first-order valence-corrected chi connectivity index (χ1v) is 5.25. The fraction of sp³-hybridized carbons (Fsp3) is 0.455. The summed E-state index contributed by atoms with van der Waals surface area (Å²) in [4.78, 5) is 18.8. The van der Waals surface area contributed by atoms with Crippen LogP contribution in [0.2, 0.25) is 0 Å². The molecule has 0 spiro atoms. The van der Waals surface area contributed by atoms with Crippen molar-refractivity contribution >= 4 is 11.9 Å². The molecule has 0 amide bonds. The Labute approximate surface area is 99.3 Å². The first kappa shape index (κ1) is 12.9. The van der Waals surface area contributed by atoms with Crippen LogP contribution in [0.4, 0.5) is 5.95 Å².